The Morgan fingerprint density at radius 2 is 2.36 bits per heavy atom. The van der Waals surface area contributed by atoms with Crippen molar-refractivity contribution < 1.29 is 9.90 Å². The molecular formula is C10H15NO2S. The predicted molar refractivity (Wildman–Crippen MR) is 59.2 cm³/mol. The van der Waals surface area contributed by atoms with Crippen molar-refractivity contribution in [2.75, 3.05) is 11.9 Å². The summed E-state index contributed by atoms with van der Waals surface area (Å²) < 4.78 is 0. The quantitative estimate of drug-likeness (QED) is 0.790. The average molecular weight is 213 g/mol. The topological polar surface area (TPSA) is 49.3 Å². The number of thiophene rings is 1. The number of nitrogens with one attached hydrogen (secondary N) is 1. The van der Waals surface area contributed by atoms with Crippen molar-refractivity contribution in [2.24, 2.45) is 5.92 Å². The van der Waals surface area contributed by atoms with Gasteiger partial charge in [-0.15, -0.1) is 11.3 Å². The zero-order valence-corrected chi connectivity index (χ0v) is 9.23. The van der Waals surface area contributed by atoms with Crippen molar-refractivity contribution in [1.29, 1.82) is 0 Å². The van der Waals surface area contributed by atoms with Crippen LogP contribution in [0.5, 0.6) is 0 Å². The van der Waals surface area contributed by atoms with Gasteiger partial charge in [0.15, 0.2) is 0 Å². The van der Waals surface area contributed by atoms with E-state index in [2.05, 4.69) is 19.2 Å². The van der Waals surface area contributed by atoms with Crippen molar-refractivity contribution >= 4 is 23.0 Å². The summed E-state index contributed by atoms with van der Waals surface area (Å²) in [5, 5.41) is 13.8. The molecule has 0 aliphatic rings. The summed E-state index contributed by atoms with van der Waals surface area (Å²) in [5.41, 5.74) is 0.739. The fourth-order valence-electron chi connectivity index (χ4n) is 1.11. The van der Waals surface area contributed by atoms with Crippen LogP contribution in [0.3, 0.4) is 0 Å². The van der Waals surface area contributed by atoms with E-state index in [1.165, 1.54) is 11.3 Å². The minimum Gasteiger partial charge on any atom is -0.477 e. The van der Waals surface area contributed by atoms with Crippen LogP contribution < -0.4 is 5.32 Å². The number of aromatic carboxylic acids is 1. The molecule has 0 saturated carbocycles. The molecule has 4 heteroatoms. The minimum absolute atomic E-state index is 0.397. The first kappa shape index (κ1) is 11.0. The molecule has 2 N–H and O–H groups in total. The maximum Gasteiger partial charge on any atom is 0.348 e. The first-order chi connectivity index (χ1) is 6.61. The molecule has 1 heterocycles. The van der Waals surface area contributed by atoms with Crippen LogP contribution in [0.15, 0.2) is 11.4 Å². The second kappa shape index (κ2) is 5.00. The second-order valence-electron chi connectivity index (χ2n) is 3.58. The van der Waals surface area contributed by atoms with Crippen LogP contribution in [-0.4, -0.2) is 17.6 Å². The molecule has 14 heavy (non-hydrogen) atoms. The van der Waals surface area contributed by atoms with Crippen LogP contribution in [-0.2, 0) is 0 Å². The minimum atomic E-state index is -0.855. The van der Waals surface area contributed by atoms with Crippen LogP contribution in [0.2, 0.25) is 0 Å². The van der Waals surface area contributed by atoms with Gasteiger partial charge in [-0.1, -0.05) is 13.8 Å². The molecule has 1 rings (SSSR count). The molecule has 3 nitrogen and oxygen atoms in total. The molecule has 78 valence electrons. The number of carboxylic acids is 1. The number of anilines is 1. The largest absolute Gasteiger partial charge is 0.477 e. The van der Waals surface area contributed by atoms with E-state index < -0.39 is 5.97 Å². The lowest BCUT2D eigenvalue weighted by Crippen LogP contribution is -2.07. The van der Waals surface area contributed by atoms with Crippen LogP contribution in [0.25, 0.3) is 0 Å². The summed E-state index contributed by atoms with van der Waals surface area (Å²) in [6.07, 6.45) is 1.05. The summed E-state index contributed by atoms with van der Waals surface area (Å²) in [5.74, 6) is -0.221. The highest BCUT2D eigenvalue weighted by molar-refractivity contribution is 7.12. The van der Waals surface area contributed by atoms with Gasteiger partial charge in [0, 0.05) is 6.54 Å². The van der Waals surface area contributed by atoms with E-state index in [1.807, 2.05) is 6.07 Å². The van der Waals surface area contributed by atoms with Crippen LogP contribution in [0, 0.1) is 5.92 Å². The molecule has 1 aromatic heterocycles. The van der Waals surface area contributed by atoms with Crippen LogP contribution in [0.1, 0.15) is 29.9 Å². The van der Waals surface area contributed by atoms with E-state index in [0.29, 0.717) is 10.8 Å². The number of carbonyl (C=O) groups is 1. The van der Waals surface area contributed by atoms with E-state index >= 15 is 0 Å². The van der Waals surface area contributed by atoms with Crippen molar-refractivity contribution in [2.45, 2.75) is 20.3 Å². The fourth-order valence-corrected chi connectivity index (χ4v) is 1.82. The van der Waals surface area contributed by atoms with Gasteiger partial charge in [0.1, 0.15) is 4.88 Å². The molecule has 0 radical (unpaired) electrons. The van der Waals surface area contributed by atoms with Crippen molar-refractivity contribution in [3.8, 4) is 0 Å². The van der Waals surface area contributed by atoms with Gasteiger partial charge in [-0.3, -0.25) is 0 Å². The Hall–Kier alpha value is -1.03. The summed E-state index contributed by atoms with van der Waals surface area (Å²) >= 11 is 1.25. The Morgan fingerprint density at radius 3 is 2.93 bits per heavy atom. The first-order valence-corrected chi connectivity index (χ1v) is 5.54. The highest BCUT2D eigenvalue weighted by atomic mass is 32.1. The Morgan fingerprint density at radius 1 is 1.64 bits per heavy atom. The lowest BCUT2D eigenvalue weighted by Gasteiger charge is -2.07. The molecule has 0 unspecified atom stereocenters. The lowest BCUT2D eigenvalue weighted by molar-refractivity contribution is 0.0703. The molecule has 0 aliphatic heterocycles. The Bertz CT molecular complexity index is 307. The maximum atomic E-state index is 10.8. The van der Waals surface area contributed by atoms with E-state index in [1.54, 1.807) is 5.38 Å². The standard InChI is InChI=1S/C10H15NO2S/c1-7(2)3-5-11-8-4-6-14-9(8)10(12)13/h4,6-7,11H,3,5H2,1-2H3,(H,12,13). The van der Waals surface area contributed by atoms with E-state index in [-0.39, 0.29) is 0 Å². The predicted octanol–water partition coefficient (Wildman–Crippen LogP) is 2.90. The molecule has 0 atom stereocenters. The maximum absolute atomic E-state index is 10.8. The van der Waals surface area contributed by atoms with Gasteiger partial charge in [-0.2, -0.15) is 0 Å². The van der Waals surface area contributed by atoms with Gasteiger partial charge in [-0.25, -0.2) is 4.79 Å². The summed E-state index contributed by atoms with van der Waals surface area (Å²) in [6, 6.07) is 1.81. The zero-order valence-electron chi connectivity index (χ0n) is 8.41. The smallest absolute Gasteiger partial charge is 0.348 e. The molecule has 0 saturated heterocycles. The highest BCUT2D eigenvalue weighted by Gasteiger charge is 2.10. The normalized spacial score (nSPS) is 10.5. The van der Waals surface area contributed by atoms with Gasteiger partial charge < -0.3 is 10.4 Å². The van der Waals surface area contributed by atoms with Gasteiger partial charge in [-0.05, 0) is 23.8 Å². The van der Waals surface area contributed by atoms with Crippen molar-refractivity contribution in [3.63, 3.8) is 0 Å². The monoisotopic (exact) mass is 213 g/mol. The second-order valence-corrected chi connectivity index (χ2v) is 4.49. The zero-order chi connectivity index (χ0) is 10.6. The first-order valence-electron chi connectivity index (χ1n) is 4.66. The highest BCUT2D eigenvalue weighted by Crippen LogP contribution is 2.22. The third-order valence-electron chi connectivity index (χ3n) is 1.90. The molecule has 0 aliphatic carbocycles. The number of hydrogen-bond donors (Lipinski definition) is 2. The molecular weight excluding hydrogens is 198 g/mol. The van der Waals surface area contributed by atoms with E-state index in [0.717, 1.165) is 18.7 Å². The number of carboxylic acid groups (broad SMARTS) is 1. The molecule has 0 fully saturated rings. The van der Waals surface area contributed by atoms with Crippen molar-refractivity contribution in [1.82, 2.24) is 0 Å². The molecule has 0 aromatic carbocycles. The third kappa shape index (κ3) is 3.03. The lowest BCUT2D eigenvalue weighted by atomic mass is 10.1. The van der Waals surface area contributed by atoms with E-state index in [4.69, 9.17) is 5.11 Å². The fraction of sp³-hybridized carbons (Fsp3) is 0.500. The Labute approximate surface area is 87.8 Å². The van der Waals surface area contributed by atoms with Gasteiger partial charge >= 0.3 is 5.97 Å². The molecule has 1 aromatic rings. The van der Waals surface area contributed by atoms with E-state index in [9.17, 15) is 4.79 Å². The van der Waals surface area contributed by atoms with Gasteiger partial charge in [0.25, 0.3) is 0 Å². The third-order valence-corrected chi connectivity index (χ3v) is 2.80. The van der Waals surface area contributed by atoms with Gasteiger partial charge in [0.05, 0.1) is 5.69 Å². The Balaban J connectivity index is 2.50. The number of rotatable bonds is 5. The SMILES string of the molecule is CC(C)CCNc1ccsc1C(=O)O. The Kier molecular flexibility index (Phi) is 3.95. The average Bonchev–Trinajstić information content (AvgIpc) is 2.51. The summed E-state index contributed by atoms with van der Waals surface area (Å²) in [4.78, 5) is 11.1. The number of hydrogen-bond acceptors (Lipinski definition) is 3. The van der Waals surface area contributed by atoms with Gasteiger partial charge in [0.2, 0.25) is 0 Å². The molecule has 0 bridgehead atoms. The molecule has 0 spiro atoms. The summed E-state index contributed by atoms with van der Waals surface area (Å²) in [6.45, 7) is 5.12. The van der Waals surface area contributed by atoms with Crippen LogP contribution in [0.4, 0.5) is 5.69 Å². The van der Waals surface area contributed by atoms with Crippen LogP contribution >= 0.6 is 11.3 Å². The van der Waals surface area contributed by atoms with Crippen molar-refractivity contribution in [3.05, 3.63) is 16.3 Å². The molecule has 0 amide bonds. The summed E-state index contributed by atoms with van der Waals surface area (Å²) in [7, 11) is 0.